The van der Waals surface area contributed by atoms with Gasteiger partial charge in [-0.15, -0.1) is 11.3 Å². The van der Waals surface area contributed by atoms with Crippen molar-refractivity contribution in [3.05, 3.63) is 28.3 Å². The molecule has 7 nitrogen and oxygen atoms in total. The maximum Gasteiger partial charge on any atom is 0.276 e. The first-order valence-corrected chi connectivity index (χ1v) is 11.0. The summed E-state index contributed by atoms with van der Waals surface area (Å²) in [5.74, 6) is 1.37. The van der Waals surface area contributed by atoms with E-state index in [0.29, 0.717) is 23.3 Å². The molecule has 2 aromatic rings. The van der Waals surface area contributed by atoms with Crippen LogP contribution in [0.1, 0.15) is 66.4 Å². The lowest BCUT2D eigenvalue weighted by atomic mass is 9.87. The van der Waals surface area contributed by atoms with Gasteiger partial charge in [0, 0.05) is 43.4 Å². The zero-order chi connectivity index (χ0) is 19.5. The predicted molar refractivity (Wildman–Crippen MR) is 108 cm³/mol. The minimum absolute atomic E-state index is 0.212. The third-order valence-corrected chi connectivity index (χ3v) is 6.93. The van der Waals surface area contributed by atoms with Crippen molar-refractivity contribution in [1.29, 1.82) is 0 Å². The average molecular weight is 402 g/mol. The highest BCUT2D eigenvalue weighted by Gasteiger charge is 2.30. The number of nitrogens with one attached hydrogen (secondary N) is 1. The Kier molecular flexibility index (Phi) is 5.75. The first kappa shape index (κ1) is 19.1. The molecule has 0 radical (unpaired) electrons. The van der Waals surface area contributed by atoms with E-state index in [1.54, 1.807) is 35.3 Å². The van der Waals surface area contributed by atoms with Crippen LogP contribution in [0.3, 0.4) is 0 Å². The van der Waals surface area contributed by atoms with E-state index in [-0.39, 0.29) is 11.8 Å². The first-order chi connectivity index (χ1) is 13.6. The normalized spacial score (nSPS) is 19.0. The van der Waals surface area contributed by atoms with Gasteiger partial charge in [-0.05, 0) is 25.7 Å². The molecule has 8 heteroatoms. The molecule has 1 aliphatic heterocycles. The predicted octanol–water partition coefficient (Wildman–Crippen LogP) is 3.42. The number of rotatable bonds is 4. The molecular weight excluding hydrogens is 374 g/mol. The van der Waals surface area contributed by atoms with E-state index in [2.05, 4.69) is 20.3 Å². The number of carbonyl (C=O) groups excluding carboxylic acids is 2. The molecule has 28 heavy (non-hydrogen) atoms. The molecule has 1 saturated carbocycles. The standard InChI is InChI=1S/C20H27N5O2S/c1-24-17(7-10-21-24)23-18(26)16-13-28-19(22-16)14-8-11-25(12-9-14)20(27)15-5-3-2-4-6-15/h7,10,13-15H,2-6,8-9,11-12H2,1H3,(H,23,26). The molecule has 150 valence electrons. The molecule has 4 rings (SSSR count). The molecule has 0 aromatic carbocycles. The molecule has 1 saturated heterocycles. The van der Waals surface area contributed by atoms with Gasteiger partial charge in [0.25, 0.3) is 5.91 Å². The number of thiazole rings is 1. The highest BCUT2D eigenvalue weighted by molar-refractivity contribution is 7.10. The summed E-state index contributed by atoms with van der Waals surface area (Å²) in [4.78, 5) is 31.8. The Labute approximate surface area is 169 Å². The summed E-state index contributed by atoms with van der Waals surface area (Å²) in [6.07, 6.45) is 9.26. The maximum atomic E-state index is 12.7. The monoisotopic (exact) mass is 401 g/mol. The Morgan fingerprint density at radius 2 is 1.89 bits per heavy atom. The Morgan fingerprint density at radius 3 is 2.57 bits per heavy atom. The van der Waals surface area contributed by atoms with Crippen LogP contribution < -0.4 is 5.32 Å². The van der Waals surface area contributed by atoms with Gasteiger partial charge in [0.1, 0.15) is 11.5 Å². The number of likely N-dealkylation sites (tertiary alicyclic amines) is 1. The second kappa shape index (κ2) is 8.43. The number of hydrogen-bond donors (Lipinski definition) is 1. The van der Waals surface area contributed by atoms with Gasteiger partial charge in [-0.25, -0.2) is 4.98 Å². The quantitative estimate of drug-likeness (QED) is 0.851. The lowest BCUT2D eigenvalue weighted by Crippen LogP contribution is -2.41. The third kappa shape index (κ3) is 4.11. The number of aryl methyl sites for hydroxylation is 1. The maximum absolute atomic E-state index is 12.7. The molecule has 1 aliphatic carbocycles. The van der Waals surface area contributed by atoms with E-state index in [0.717, 1.165) is 43.8 Å². The molecule has 2 aliphatic rings. The molecule has 0 spiro atoms. The number of carbonyl (C=O) groups is 2. The second-order valence-electron chi connectivity index (χ2n) is 7.80. The highest BCUT2D eigenvalue weighted by Crippen LogP contribution is 2.32. The van der Waals surface area contributed by atoms with Gasteiger partial charge in [-0.2, -0.15) is 5.10 Å². The molecule has 0 unspecified atom stereocenters. The molecule has 0 bridgehead atoms. The third-order valence-electron chi connectivity index (χ3n) is 5.93. The van der Waals surface area contributed by atoms with Crippen LogP contribution in [-0.4, -0.2) is 44.6 Å². The Balaban J connectivity index is 1.32. The molecule has 1 N–H and O–H groups in total. The van der Waals surface area contributed by atoms with E-state index >= 15 is 0 Å². The SMILES string of the molecule is Cn1nccc1NC(=O)c1csc(C2CCN(C(=O)C3CCCCC3)CC2)n1. The van der Waals surface area contributed by atoms with Crippen molar-refractivity contribution in [1.82, 2.24) is 19.7 Å². The molecule has 2 fully saturated rings. The Morgan fingerprint density at radius 1 is 1.14 bits per heavy atom. The van der Waals surface area contributed by atoms with Crippen molar-refractivity contribution < 1.29 is 9.59 Å². The summed E-state index contributed by atoms with van der Waals surface area (Å²) >= 11 is 1.54. The van der Waals surface area contributed by atoms with Crippen LogP contribution in [0.4, 0.5) is 5.82 Å². The van der Waals surface area contributed by atoms with Crippen molar-refractivity contribution >= 4 is 29.0 Å². The number of anilines is 1. The van der Waals surface area contributed by atoms with Gasteiger partial charge in [0.15, 0.2) is 0 Å². The first-order valence-electron chi connectivity index (χ1n) is 10.2. The van der Waals surface area contributed by atoms with Crippen LogP contribution in [0.5, 0.6) is 0 Å². The van der Waals surface area contributed by atoms with Gasteiger partial charge in [-0.1, -0.05) is 19.3 Å². The average Bonchev–Trinajstić information content (AvgIpc) is 3.38. The van der Waals surface area contributed by atoms with E-state index in [9.17, 15) is 9.59 Å². The van der Waals surface area contributed by atoms with Crippen LogP contribution in [0.25, 0.3) is 0 Å². The zero-order valence-electron chi connectivity index (χ0n) is 16.3. The highest BCUT2D eigenvalue weighted by atomic mass is 32.1. The second-order valence-corrected chi connectivity index (χ2v) is 8.69. The number of amides is 2. The van der Waals surface area contributed by atoms with E-state index in [1.807, 2.05) is 5.38 Å². The Hall–Kier alpha value is -2.22. The van der Waals surface area contributed by atoms with Crippen LogP contribution in [0, 0.1) is 5.92 Å². The summed E-state index contributed by atoms with van der Waals surface area (Å²) in [5, 5.41) is 9.70. The molecular formula is C20H27N5O2S. The fraction of sp³-hybridized carbons (Fsp3) is 0.600. The molecule has 3 heterocycles. The number of piperidine rings is 1. The van der Waals surface area contributed by atoms with Crippen molar-refractivity contribution in [2.24, 2.45) is 13.0 Å². The van der Waals surface area contributed by atoms with Crippen molar-refractivity contribution in [3.63, 3.8) is 0 Å². The molecule has 2 aromatic heterocycles. The molecule has 0 atom stereocenters. The largest absolute Gasteiger partial charge is 0.342 e. The van der Waals surface area contributed by atoms with Gasteiger partial charge in [-0.3, -0.25) is 14.3 Å². The lowest BCUT2D eigenvalue weighted by Gasteiger charge is -2.34. The summed E-state index contributed by atoms with van der Waals surface area (Å²) in [5.41, 5.74) is 0.446. The minimum Gasteiger partial charge on any atom is -0.342 e. The van der Waals surface area contributed by atoms with E-state index < -0.39 is 0 Å². The summed E-state index contributed by atoms with van der Waals surface area (Å²) in [7, 11) is 1.78. The van der Waals surface area contributed by atoms with Crippen LogP contribution >= 0.6 is 11.3 Å². The van der Waals surface area contributed by atoms with Crippen LogP contribution in [0.2, 0.25) is 0 Å². The van der Waals surface area contributed by atoms with Gasteiger partial charge >= 0.3 is 0 Å². The van der Waals surface area contributed by atoms with Gasteiger partial charge in [0.05, 0.1) is 11.2 Å². The van der Waals surface area contributed by atoms with Crippen molar-refractivity contribution in [3.8, 4) is 0 Å². The zero-order valence-corrected chi connectivity index (χ0v) is 17.1. The summed E-state index contributed by atoms with van der Waals surface area (Å²) in [6, 6.07) is 1.75. The fourth-order valence-electron chi connectivity index (χ4n) is 4.21. The fourth-order valence-corrected chi connectivity index (χ4v) is 5.18. The summed E-state index contributed by atoms with van der Waals surface area (Å²) in [6.45, 7) is 1.60. The van der Waals surface area contributed by atoms with Gasteiger partial charge < -0.3 is 10.2 Å². The smallest absolute Gasteiger partial charge is 0.276 e. The van der Waals surface area contributed by atoms with E-state index in [4.69, 9.17) is 0 Å². The van der Waals surface area contributed by atoms with Gasteiger partial charge in [0.2, 0.25) is 5.91 Å². The minimum atomic E-state index is -0.212. The van der Waals surface area contributed by atoms with Crippen LogP contribution in [-0.2, 0) is 11.8 Å². The number of hydrogen-bond acceptors (Lipinski definition) is 5. The van der Waals surface area contributed by atoms with Crippen LogP contribution in [0.15, 0.2) is 17.6 Å². The summed E-state index contributed by atoms with van der Waals surface area (Å²) < 4.78 is 1.62. The topological polar surface area (TPSA) is 80.1 Å². The lowest BCUT2D eigenvalue weighted by molar-refractivity contribution is -0.137. The number of nitrogens with zero attached hydrogens (tertiary/aromatic N) is 4. The van der Waals surface area contributed by atoms with Crippen molar-refractivity contribution in [2.75, 3.05) is 18.4 Å². The Bertz CT molecular complexity index is 831. The number of aromatic nitrogens is 3. The molecule has 2 amide bonds. The van der Waals surface area contributed by atoms with E-state index in [1.165, 1.54) is 19.3 Å². The van der Waals surface area contributed by atoms with Crippen molar-refractivity contribution in [2.45, 2.75) is 50.9 Å².